The summed E-state index contributed by atoms with van der Waals surface area (Å²) < 4.78 is 0. The molecule has 0 saturated carbocycles. The van der Waals surface area contributed by atoms with Crippen LogP contribution in [0.15, 0.2) is 48.5 Å². The SMILES string of the molecule is Cc1cccc(NCc2ccccc2)c1C.O=C(O)CCl. The van der Waals surface area contributed by atoms with Crippen molar-refractivity contribution in [3.05, 3.63) is 65.2 Å². The predicted octanol–water partition coefficient (Wildman–Crippen LogP) is 4.23. The second-order valence-corrected chi connectivity index (χ2v) is 4.88. The number of rotatable bonds is 4. The molecule has 2 aromatic carbocycles. The van der Waals surface area contributed by atoms with E-state index in [9.17, 15) is 4.79 Å². The van der Waals surface area contributed by atoms with Gasteiger partial charge in [-0.05, 0) is 36.6 Å². The third-order valence-electron chi connectivity index (χ3n) is 3.04. The van der Waals surface area contributed by atoms with Crippen molar-refractivity contribution in [2.24, 2.45) is 0 Å². The standard InChI is InChI=1S/C15H17N.C2H3ClO2/c1-12-7-6-10-15(13(12)2)16-11-14-8-4-3-5-9-14;3-1-2(4)5/h3-10,16H,11H2,1-2H3;1H2,(H,4,5). The Labute approximate surface area is 130 Å². The Balaban J connectivity index is 0.000000383. The van der Waals surface area contributed by atoms with E-state index < -0.39 is 5.97 Å². The van der Waals surface area contributed by atoms with Gasteiger partial charge < -0.3 is 10.4 Å². The van der Waals surface area contributed by atoms with Gasteiger partial charge in [-0.3, -0.25) is 4.79 Å². The molecule has 0 spiro atoms. The molecule has 0 radical (unpaired) electrons. The molecule has 0 aromatic heterocycles. The third kappa shape index (κ3) is 6.32. The van der Waals surface area contributed by atoms with E-state index in [1.165, 1.54) is 22.4 Å². The number of halogens is 1. The summed E-state index contributed by atoms with van der Waals surface area (Å²) in [5.41, 5.74) is 5.20. The van der Waals surface area contributed by atoms with Crippen molar-refractivity contribution < 1.29 is 9.90 Å². The van der Waals surface area contributed by atoms with E-state index in [4.69, 9.17) is 16.7 Å². The molecule has 0 fully saturated rings. The molecule has 112 valence electrons. The van der Waals surface area contributed by atoms with Gasteiger partial charge in [0.1, 0.15) is 5.88 Å². The molecule has 0 aliphatic carbocycles. The van der Waals surface area contributed by atoms with E-state index in [-0.39, 0.29) is 5.88 Å². The molecule has 2 N–H and O–H groups in total. The lowest BCUT2D eigenvalue weighted by atomic mass is 10.1. The zero-order valence-electron chi connectivity index (χ0n) is 12.3. The molecule has 2 aromatic rings. The molecule has 0 amide bonds. The number of anilines is 1. The highest BCUT2D eigenvalue weighted by Crippen LogP contribution is 2.18. The van der Waals surface area contributed by atoms with Gasteiger partial charge in [0.05, 0.1) is 0 Å². The highest BCUT2D eigenvalue weighted by molar-refractivity contribution is 6.26. The molecular formula is C17H20ClNO2. The molecule has 3 nitrogen and oxygen atoms in total. The van der Waals surface area contributed by atoms with Gasteiger partial charge in [-0.2, -0.15) is 0 Å². The van der Waals surface area contributed by atoms with Gasteiger partial charge in [0.25, 0.3) is 0 Å². The number of aliphatic carboxylic acids is 1. The first kappa shape index (κ1) is 17.1. The maximum absolute atomic E-state index is 9.24. The minimum Gasteiger partial charge on any atom is -0.480 e. The number of alkyl halides is 1. The Morgan fingerprint density at radius 3 is 2.29 bits per heavy atom. The fraction of sp³-hybridized carbons (Fsp3) is 0.235. The van der Waals surface area contributed by atoms with Crippen LogP contribution in [0.25, 0.3) is 0 Å². The summed E-state index contributed by atoms with van der Waals surface area (Å²) in [6.07, 6.45) is 0. The summed E-state index contributed by atoms with van der Waals surface area (Å²) in [4.78, 5) is 9.24. The molecule has 4 heteroatoms. The van der Waals surface area contributed by atoms with Crippen molar-refractivity contribution in [2.45, 2.75) is 20.4 Å². The van der Waals surface area contributed by atoms with E-state index in [0.29, 0.717) is 0 Å². The maximum Gasteiger partial charge on any atom is 0.318 e. The van der Waals surface area contributed by atoms with Crippen molar-refractivity contribution in [3.63, 3.8) is 0 Å². The van der Waals surface area contributed by atoms with Crippen LogP contribution in [-0.4, -0.2) is 17.0 Å². The van der Waals surface area contributed by atoms with Crippen LogP contribution in [0.3, 0.4) is 0 Å². The monoisotopic (exact) mass is 305 g/mol. The Morgan fingerprint density at radius 1 is 1.10 bits per heavy atom. The lowest BCUT2D eigenvalue weighted by molar-refractivity contribution is -0.134. The van der Waals surface area contributed by atoms with Crippen LogP contribution < -0.4 is 5.32 Å². The number of carboxylic acids is 1. The van der Waals surface area contributed by atoms with Crippen molar-refractivity contribution in [1.29, 1.82) is 0 Å². The molecule has 0 saturated heterocycles. The number of hydrogen-bond acceptors (Lipinski definition) is 2. The van der Waals surface area contributed by atoms with Crippen LogP contribution >= 0.6 is 11.6 Å². The van der Waals surface area contributed by atoms with Gasteiger partial charge in [0.2, 0.25) is 0 Å². The molecule has 2 rings (SSSR count). The van der Waals surface area contributed by atoms with Crippen LogP contribution in [-0.2, 0) is 11.3 Å². The van der Waals surface area contributed by atoms with Gasteiger partial charge in [-0.1, -0.05) is 42.5 Å². The molecule has 0 heterocycles. The number of nitrogens with one attached hydrogen (secondary N) is 1. The van der Waals surface area contributed by atoms with Gasteiger partial charge in [0.15, 0.2) is 0 Å². The van der Waals surface area contributed by atoms with Gasteiger partial charge in [-0.25, -0.2) is 0 Å². The predicted molar refractivity (Wildman–Crippen MR) is 88.0 cm³/mol. The second kappa shape index (κ2) is 9.03. The number of aryl methyl sites for hydroxylation is 1. The molecule has 21 heavy (non-hydrogen) atoms. The topological polar surface area (TPSA) is 49.3 Å². The Bertz CT molecular complexity index is 570. The van der Waals surface area contributed by atoms with Crippen LogP contribution in [0.5, 0.6) is 0 Å². The fourth-order valence-electron chi connectivity index (χ4n) is 1.74. The number of hydrogen-bond donors (Lipinski definition) is 2. The second-order valence-electron chi connectivity index (χ2n) is 4.61. The van der Waals surface area contributed by atoms with Crippen LogP contribution in [0, 0.1) is 13.8 Å². The van der Waals surface area contributed by atoms with E-state index in [0.717, 1.165) is 6.54 Å². The number of benzene rings is 2. The Kier molecular flexibility index (Phi) is 7.33. The molecule has 0 aliphatic rings. The van der Waals surface area contributed by atoms with Crippen LogP contribution in [0.2, 0.25) is 0 Å². The zero-order valence-corrected chi connectivity index (χ0v) is 13.0. The summed E-state index contributed by atoms with van der Waals surface area (Å²) in [6.45, 7) is 5.18. The van der Waals surface area contributed by atoms with E-state index >= 15 is 0 Å². The Hall–Kier alpha value is -2.00. The zero-order chi connectivity index (χ0) is 15.7. The average molecular weight is 306 g/mol. The van der Waals surface area contributed by atoms with Gasteiger partial charge in [-0.15, -0.1) is 11.6 Å². The summed E-state index contributed by atoms with van der Waals surface area (Å²) in [6, 6.07) is 16.8. The van der Waals surface area contributed by atoms with E-state index in [1.807, 2.05) is 6.07 Å². The fourth-order valence-corrected chi connectivity index (χ4v) is 1.74. The quantitative estimate of drug-likeness (QED) is 0.831. The smallest absolute Gasteiger partial charge is 0.318 e. The highest BCUT2D eigenvalue weighted by Gasteiger charge is 1.99. The summed E-state index contributed by atoms with van der Waals surface area (Å²) >= 11 is 4.74. The van der Waals surface area contributed by atoms with Crippen LogP contribution in [0.1, 0.15) is 16.7 Å². The lowest BCUT2D eigenvalue weighted by Crippen LogP contribution is -2.01. The lowest BCUT2D eigenvalue weighted by Gasteiger charge is -2.11. The normalized spacial score (nSPS) is 9.48. The molecule has 0 aliphatic heterocycles. The summed E-state index contributed by atoms with van der Waals surface area (Å²) in [5, 5.41) is 11.1. The first-order chi connectivity index (χ1) is 10.0. The minimum absolute atomic E-state index is 0.306. The number of carboxylic acid groups (broad SMARTS) is 1. The third-order valence-corrected chi connectivity index (χ3v) is 3.27. The largest absolute Gasteiger partial charge is 0.480 e. The van der Waals surface area contributed by atoms with E-state index in [1.54, 1.807) is 0 Å². The minimum atomic E-state index is -0.980. The highest BCUT2D eigenvalue weighted by atomic mass is 35.5. The van der Waals surface area contributed by atoms with Crippen LogP contribution in [0.4, 0.5) is 5.69 Å². The van der Waals surface area contributed by atoms with E-state index in [2.05, 4.69) is 61.6 Å². The summed E-state index contributed by atoms with van der Waals surface area (Å²) in [5.74, 6) is -1.29. The van der Waals surface area contributed by atoms with Gasteiger partial charge >= 0.3 is 5.97 Å². The first-order valence-electron chi connectivity index (χ1n) is 6.66. The molecular weight excluding hydrogens is 286 g/mol. The van der Waals surface area contributed by atoms with Crippen molar-refractivity contribution in [3.8, 4) is 0 Å². The van der Waals surface area contributed by atoms with Crippen molar-refractivity contribution in [2.75, 3.05) is 11.2 Å². The van der Waals surface area contributed by atoms with Crippen molar-refractivity contribution >= 4 is 23.3 Å². The average Bonchev–Trinajstić information content (AvgIpc) is 2.50. The number of carbonyl (C=O) groups is 1. The first-order valence-corrected chi connectivity index (χ1v) is 7.19. The molecule has 0 unspecified atom stereocenters. The maximum atomic E-state index is 9.24. The van der Waals surface area contributed by atoms with Crippen molar-refractivity contribution in [1.82, 2.24) is 0 Å². The summed E-state index contributed by atoms with van der Waals surface area (Å²) in [7, 11) is 0. The molecule has 0 bridgehead atoms. The molecule has 0 atom stereocenters. The van der Waals surface area contributed by atoms with Gasteiger partial charge in [0, 0.05) is 12.2 Å². The Morgan fingerprint density at radius 2 is 1.71 bits per heavy atom.